The second-order valence-electron chi connectivity index (χ2n) is 4.49. The van der Waals surface area contributed by atoms with Crippen LogP contribution in [0, 0.1) is 6.92 Å². The van der Waals surface area contributed by atoms with Crippen LogP contribution in [0.5, 0.6) is 0 Å². The lowest BCUT2D eigenvalue weighted by Gasteiger charge is -2.23. The molecular weight excluding hydrogens is 236 g/mol. The molecule has 0 bridgehead atoms. The average Bonchev–Trinajstić information content (AvgIpc) is 2.80. The number of hydrogen-bond acceptors (Lipinski definition) is 2. The second kappa shape index (κ2) is 5.07. The van der Waals surface area contributed by atoms with Crippen LogP contribution in [0.4, 0.5) is 0 Å². The van der Waals surface area contributed by atoms with Crippen LogP contribution in [0.15, 0.2) is 18.2 Å². The fourth-order valence-electron chi connectivity index (χ4n) is 2.24. The normalized spacial score (nSPS) is 19.7. The number of nitrogens with two attached hydrogens (primary N) is 1. The number of nitrogens with zero attached hydrogens (tertiary/aromatic N) is 1. The molecule has 1 fully saturated rings. The standard InChI is InChI=1S/C13H17ClN2O/c1-9-4-5-10(7-12(9)14)13(17)16-6-2-3-11(16)8-15/h4-5,7,11H,2-3,6,8,15H2,1H3. The molecule has 1 aliphatic heterocycles. The minimum atomic E-state index is 0.0415. The number of amides is 1. The van der Waals surface area contributed by atoms with Crippen molar-refractivity contribution < 1.29 is 4.79 Å². The average molecular weight is 253 g/mol. The van der Waals surface area contributed by atoms with E-state index in [0.29, 0.717) is 17.1 Å². The van der Waals surface area contributed by atoms with Crippen molar-refractivity contribution in [1.82, 2.24) is 4.90 Å². The van der Waals surface area contributed by atoms with Gasteiger partial charge in [0.15, 0.2) is 0 Å². The summed E-state index contributed by atoms with van der Waals surface area (Å²) in [4.78, 5) is 14.2. The van der Waals surface area contributed by atoms with E-state index in [1.165, 1.54) is 0 Å². The lowest BCUT2D eigenvalue weighted by atomic mass is 10.1. The summed E-state index contributed by atoms with van der Waals surface area (Å²) in [5.41, 5.74) is 7.31. The van der Waals surface area contributed by atoms with Crippen molar-refractivity contribution in [3.8, 4) is 0 Å². The summed E-state index contributed by atoms with van der Waals surface area (Å²) in [5.74, 6) is 0.0415. The van der Waals surface area contributed by atoms with Gasteiger partial charge < -0.3 is 10.6 Å². The van der Waals surface area contributed by atoms with E-state index in [1.54, 1.807) is 6.07 Å². The van der Waals surface area contributed by atoms with Gasteiger partial charge in [-0.25, -0.2) is 0 Å². The largest absolute Gasteiger partial charge is 0.334 e. The van der Waals surface area contributed by atoms with E-state index in [4.69, 9.17) is 17.3 Å². The van der Waals surface area contributed by atoms with Crippen molar-refractivity contribution in [2.75, 3.05) is 13.1 Å². The first-order chi connectivity index (χ1) is 8.13. The fourth-order valence-corrected chi connectivity index (χ4v) is 2.42. The van der Waals surface area contributed by atoms with E-state index in [-0.39, 0.29) is 11.9 Å². The van der Waals surface area contributed by atoms with Gasteiger partial charge >= 0.3 is 0 Å². The monoisotopic (exact) mass is 252 g/mol. The summed E-state index contributed by atoms with van der Waals surface area (Å²) < 4.78 is 0. The van der Waals surface area contributed by atoms with Crippen LogP contribution in [0.25, 0.3) is 0 Å². The Morgan fingerprint density at radius 3 is 3.00 bits per heavy atom. The van der Waals surface area contributed by atoms with Crippen molar-refractivity contribution in [3.05, 3.63) is 34.3 Å². The Labute approximate surface area is 107 Å². The van der Waals surface area contributed by atoms with Gasteiger partial charge in [0.25, 0.3) is 5.91 Å². The summed E-state index contributed by atoms with van der Waals surface area (Å²) in [6.45, 7) is 3.26. The van der Waals surface area contributed by atoms with Crippen LogP contribution >= 0.6 is 11.6 Å². The molecule has 0 aromatic heterocycles. The fraction of sp³-hybridized carbons (Fsp3) is 0.462. The number of benzene rings is 1. The predicted molar refractivity (Wildman–Crippen MR) is 69.3 cm³/mol. The molecule has 2 N–H and O–H groups in total. The van der Waals surface area contributed by atoms with Crippen LogP contribution in [-0.4, -0.2) is 29.9 Å². The molecule has 0 aliphatic carbocycles. The highest BCUT2D eigenvalue weighted by Gasteiger charge is 2.28. The Morgan fingerprint density at radius 2 is 2.35 bits per heavy atom. The predicted octanol–water partition coefficient (Wildman–Crippen LogP) is 2.21. The minimum Gasteiger partial charge on any atom is -0.334 e. The van der Waals surface area contributed by atoms with Gasteiger partial charge in [-0.3, -0.25) is 4.79 Å². The molecule has 1 atom stereocenters. The highest BCUT2D eigenvalue weighted by atomic mass is 35.5. The summed E-state index contributed by atoms with van der Waals surface area (Å²) >= 11 is 6.04. The van der Waals surface area contributed by atoms with Gasteiger partial charge in [-0.15, -0.1) is 0 Å². The molecule has 17 heavy (non-hydrogen) atoms. The number of hydrogen-bond donors (Lipinski definition) is 1. The Kier molecular flexibility index (Phi) is 3.69. The maximum Gasteiger partial charge on any atom is 0.254 e. The highest BCUT2D eigenvalue weighted by molar-refractivity contribution is 6.31. The van der Waals surface area contributed by atoms with E-state index in [9.17, 15) is 4.79 Å². The number of carbonyl (C=O) groups is 1. The van der Waals surface area contributed by atoms with Gasteiger partial charge in [-0.1, -0.05) is 17.7 Å². The Bertz CT molecular complexity index is 433. The first-order valence-corrected chi connectivity index (χ1v) is 6.28. The zero-order valence-corrected chi connectivity index (χ0v) is 10.7. The number of rotatable bonds is 2. The SMILES string of the molecule is Cc1ccc(C(=O)N2CCCC2CN)cc1Cl. The molecule has 3 nitrogen and oxygen atoms in total. The van der Waals surface area contributed by atoms with Gasteiger partial charge in [-0.2, -0.15) is 0 Å². The van der Waals surface area contributed by atoms with E-state index < -0.39 is 0 Å². The molecule has 4 heteroatoms. The van der Waals surface area contributed by atoms with E-state index in [2.05, 4.69) is 0 Å². The van der Waals surface area contributed by atoms with Crippen molar-refractivity contribution in [3.63, 3.8) is 0 Å². The third-order valence-electron chi connectivity index (χ3n) is 3.33. The zero-order valence-electron chi connectivity index (χ0n) is 9.95. The topological polar surface area (TPSA) is 46.3 Å². The number of carbonyl (C=O) groups excluding carboxylic acids is 1. The maximum absolute atomic E-state index is 12.3. The van der Waals surface area contributed by atoms with Crippen LogP contribution in [0.2, 0.25) is 5.02 Å². The molecule has 1 unspecified atom stereocenters. The molecule has 2 rings (SSSR count). The van der Waals surface area contributed by atoms with Gasteiger partial charge in [-0.05, 0) is 37.5 Å². The number of halogens is 1. The Hall–Kier alpha value is -1.06. The van der Waals surface area contributed by atoms with Crippen molar-refractivity contribution in [2.24, 2.45) is 5.73 Å². The Morgan fingerprint density at radius 1 is 1.59 bits per heavy atom. The number of likely N-dealkylation sites (tertiary alicyclic amines) is 1. The van der Waals surface area contributed by atoms with Crippen LogP contribution in [-0.2, 0) is 0 Å². The van der Waals surface area contributed by atoms with E-state index >= 15 is 0 Å². The summed E-state index contributed by atoms with van der Waals surface area (Å²) in [6.07, 6.45) is 2.04. The molecular formula is C13H17ClN2O. The molecule has 92 valence electrons. The van der Waals surface area contributed by atoms with E-state index in [1.807, 2.05) is 24.0 Å². The van der Waals surface area contributed by atoms with Crippen LogP contribution < -0.4 is 5.73 Å². The molecule has 1 heterocycles. The first kappa shape index (κ1) is 12.4. The van der Waals surface area contributed by atoms with E-state index in [0.717, 1.165) is 24.9 Å². The lowest BCUT2D eigenvalue weighted by Crippen LogP contribution is -2.39. The van der Waals surface area contributed by atoms with Crippen LogP contribution in [0.3, 0.4) is 0 Å². The molecule has 1 saturated heterocycles. The molecule has 0 spiro atoms. The molecule has 0 saturated carbocycles. The molecule has 1 aliphatic rings. The lowest BCUT2D eigenvalue weighted by molar-refractivity contribution is 0.0741. The third kappa shape index (κ3) is 2.45. The summed E-state index contributed by atoms with van der Waals surface area (Å²) in [5, 5.41) is 0.638. The Balaban J connectivity index is 2.21. The third-order valence-corrected chi connectivity index (χ3v) is 3.74. The first-order valence-electron chi connectivity index (χ1n) is 5.90. The molecule has 1 amide bonds. The van der Waals surface area contributed by atoms with Crippen LogP contribution in [0.1, 0.15) is 28.8 Å². The summed E-state index contributed by atoms with van der Waals surface area (Å²) in [6, 6.07) is 5.63. The van der Waals surface area contributed by atoms with Crippen molar-refractivity contribution >= 4 is 17.5 Å². The summed E-state index contributed by atoms with van der Waals surface area (Å²) in [7, 11) is 0. The quantitative estimate of drug-likeness (QED) is 0.877. The second-order valence-corrected chi connectivity index (χ2v) is 4.90. The highest BCUT2D eigenvalue weighted by Crippen LogP contribution is 2.22. The molecule has 1 aromatic rings. The van der Waals surface area contributed by atoms with Gasteiger partial charge in [0.1, 0.15) is 0 Å². The minimum absolute atomic E-state index is 0.0415. The zero-order chi connectivity index (χ0) is 12.4. The smallest absolute Gasteiger partial charge is 0.254 e. The number of aryl methyl sites for hydroxylation is 1. The van der Waals surface area contributed by atoms with Crippen molar-refractivity contribution in [1.29, 1.82) is 0 Å². The van der Waals surface area contributed by atoms with Gasteiger partial charge in [0.05, 0.1) is 0 Å². The van der Waals surface area contributed by atoms with Crippen molar-refractivity contribution in [2.45, 2.75) is 25.8 Å². The maximum atomic E-state index is 12.3. The van der Waals surface area contributed by atoms with Gasteiger partial charge in [0, 0.05) is 29.7 Å². The molecule has 0 radical (unpaired) electrons. The molecule has 1 aromatic carbocycles. The van der Waals surface area contributed by atoms with Gasteiger partial charge in [0.2, 0.25) is 0 Å².